The fourth-order valence-corrected chi connectivity index (χ4v) is 3.52. The zero-order valence-corrected chi connectivity index (χ0v) is 14.3. The number of carboxylic acid groups (broad SMARTS) is 1. The number of nitrogens with zero attached hydrogens (tertiary/aromatic N) is 3. The molecule has 7 nitrogen and oxygen atoms in total. The smallest absolute Gasteiger partial charge is 0.354 e. The van der Waals surface area contributed by atoms with Gasteiger partial charge < -0.3 is 9.67 Å². The second-order valence-corrected chi connectivity index (χ2v) is 6.40. The number of imide groups is 1. The van der Waals surface area contributed by atoms with Crippen LogP contribution in [-0.2, 0) is 18.3 Å². The normalized spacial score (nSPS) is 14.0. The third-order valence-corrected chi connectivity index (χ3v) is 4.72. The lowest BCUT2D eigenvalue weighted by molar-refractivity contribution is -0.117. The number of rotatable bonds is 2. The third-order valence-electron chi connectivity index (χ3n) is 4.49. The maximum Gasteiger partial charge on any atom is 0.354 e. The fourth-order valence-electron chi connectivity index (χ4n) is 3.35. The van der Waals surface area contributed by atoms with Crippen LogP contribution in [0.4, 0.5) is 5.69 Å². The molecule has 0 bridgehead atoms. The standard InChI is InChI=1S/C18H12ClN3O4/c1-21-13-3-2-10(19)7-12(13)15(16(21)18(25)26)22-14(23)6-9-8-20-5-4-11(9)17(22)24/h2-5,7-8H,6H2,1H3,(H,25,26). The Balaban J connectivity index is 2.04. The first kappa shape index (κ1) is 16.3. The largest absolute Gasteiger partial charge is 0.477 e. The molecule has 2 aromatic heterocycles. The molecule has 1 aliphatic heterocycles. The summed E-state index contributed by atoms with van der Waals surface area (Å²) < 4.78 is 1.44. The lowest BCUT2D eigenvalue weighted by Gasteiger charge is -2.26. The highest BCUT2D eigenvalue weighted by molar-refractivity contribution is 6.33. The van der Waals surface area contributed by atoms with Crippen molar-refractivity contribution in [1.82, 2.24) is 9.55 Å². The summed E-state index contributed by atoms with van der Waals surface area (Å²) >= 11 is 6.07. The number of aryl methyl sites for hydroxylation is 1. The molecule has 3 aromatic rings. The van der Waals surface area contributed by atoms with Crippen LogP contribution in [-0.4, -0.2) is 32.4 Å². The molecule has 1 aliphatic rings. The fraction of sp³-hybridized carbons (Fsp3) is 0.111. The molecule has 0 spiro atoms. The second-order valence-electron chi connectivity index (χ2n) is 5.97. The predicted molar refractivity (Wildman–Crippen MR) is 94.6 cm³/mol. The summed E-state index contributed by atoms with van der Waals surface area (Å²) in [5.41, 5.74) is 1.29. The zero-order valence-electron chi connectivity index (χ0n) is 13.6. The molecular weight excluding hydrogens is 358 g/mol. The topological polar surface area (TPSA) is 92.5 Å². The van der Waals surface area contributed by atoms with Gasteiger partial charge in [-0.05, 0) is 29.8 Å². The van der Waals surface area contributed by atoms with Crippen molar-refractivity contribution in [2.75, 3.05) is 4.90 Å². The van der Waals surface area contributed by atoms with Gasteiger partial charge in [0.2, 0.25) is 5.91 Å². The lowest BCUT2D eigenvalue weighted by Crippen LogP contribution is -2.43. The summed E-state index contributed by atoms with van der Waals surface area (Å²) in [5, 5.41) is 10.5. The maximum absolute atomic E-state index is 13.0. The summed E-state index contributed by atoms with van der Waals surface area (Å²) in [4.78, 5) is 42.5. The van der Waals surface area contributed by atoms with Crippen molar-refractivity contribution in [3.8, 4) is 0 Å². The molecule has 0 aliphatic carbocycles. The van der Waals surface area contributed by atoms with Gasteiger partial charge in [0.05, 0.1) is 17.6 Å². The number of carbonyl (C=O) groups is 3. The van der Waals surface area contributed by atoms with E-state index in [4.69, 9.17) is 11.6 Å². The molecule has 1 N–H and O–H groups in total. The van der Waals surface area contributed by atoms with Gasteiger partial charge in [0.15, 0.2) is 5.69 Å². The zero-order chi connectivity index (χ0) is 18.6. The molecule has 0 fully saturated rings. The molecule has 0 unspecified atom stereocenters. The highest BCUT2D eigenvalue weighted by atomic mass is 35.5. The van der Waals surface area contributed by atoms with Crippen LogP contribution in [0, 0.1) is 0 Å². The Morgan fingerprint density at radius 3 is 2.77 bits per heavy atom. The Bertz CT molecular complexity index is 1120. The van der Waals surface area contributed by atoms with E-state index < -0.39 is 17.8 Å². The van der Waals surface area contributed by atoms with Gasteiger partial charge in [-0.3, -0.25) is 14.6 Å². The number of hydrogen-bond acceptors (Lipinski definition) is 4. The molecule has 26 heavy (non-hydrogen) atoms. The van der Waals surface area contributed by atoms with Gasteiger partial charge in [0.1, 0.15) is 0 Å². The van der Waals surface area contributed by atoms with Crippen LogP contribution in [0.3, 0.4) is 0 Å². The predicted octanol–water partition coefficient (Wildman–Crippen LogP) is 2.65. The van der Waals surface area contributed by atoms with Crippen molar-refractivity contribution in [2.45, 2.75) is 6.42 Å². The summed E-state index contributed by atoms with van der Waals surface area (Å²) in [5.74, 6) is -2.32. The summed E-state index contributed by atoms with van der Waals surface area (Å²) in [6, 6.07) is 6.36. The monoisotopic (exact) mass is 369 g/mol. The van der Waals surface area contributed by atoms with E-state index in [1.165, 1.54) is 23.0 Å². The van der Waals surface area contributed by atoms with E-state index in [2.05, 4.69) is 4.98 Å². The number of amides is 2. The number of aromatic carboxylic acids is 1. The van der Waals surface area contributed by atoms with Crippen molar-refractivity contribution in [1.29, 1.82) is 0 Å². The molecule has 4 rings (SSSR count). The molecule has 130 valence electrons. The summed E-state index contributed by atoms with van der Waals surface area (Å²) in [7, 11) is 1.57. The molecule has 0 radical (unpaired) electrons. The number of halogens is 1. The number of fused-ring (bicyclic) bond motifs is 2. The van der Waals surface area contributed by atoms with Gasteiger partial charge in [-0.25, -0.2) is 9.69 Å². The molecule has 0 atom stereocenters. The lowest BCUT2D eigenvalue weighted by atomic mass is 9.99. The van der Waals surface area contributed by atoms with E-state index in [1.54, 1.807) is 25.2 Å². The van der Waals surface area contributed by atoms with Crippen LogP contribution >= 0.6 is 11.6 Å². The van der Waals surface area contributed by atoms with Crippen molar-refractivity contribution >= 4 is 46.0 Å². The van der Waals surface area contributed by atoms with Crippen molar-refractivity contribution in [2.24, 2.45) is 7.05 Å². The van der Waals surface area contributed by atoms with E-state index in [0.29, 0.717) is 27.1 Å². The minimum absolute atomic E-state index is 0.0368. The molecule has 8 heteroatoms. The average molecular weight is 370 g/mol. The van der Waals surface area contributed by atoms with Gasteiger partial charge in [0.25, 0.3) is 5.91 Å². The summed E-state index contributed by atoms with van der Waals surface area (Å²) in [6.45, 7) is 0. The number of carbonyl (C=O) groups excluding carboxylic acids is 2. The Hall–Kier alpha value is -3.19. The number of hydrogen-bond donors (Lipinski definition) is 1. The van der Waals surface area contributed by atoms with Gasteiger partial charge in [-0.15, -0.1) is 0 Å². The van der Waals surface area contributed by atoms with Crippen LogP contribution in [0.15, 0.2) is 36.7 Å². The highest BCUT2D eigenvalue weighted by Gasteiger charge is 2.37. The quantitative estimate of drug-likeness (QED) is 0.701. The highest BCUT2D eigenvalue weighted by Crippen LogP contribution is 2.37. The van der Waals surface area contributed by atoms with E-state index in [0.717, 1.165) is 4.90 Å². The summed E-state index contributed by atoms with van der Waals surface area (Å²) in [6.07, 6.45) is 2.90. The van der Waals surface area contributed by atoms with Gasteiger partial charge >= 0.3 is 5.97 Å². The Labute approximate surface area is 152 Å². The Kier molecular flexibility index (Phi) is 3.55. The maximum atomic E-state index is 13.0. The van der Waals surface area contributed by atoms with E-state index >= 15 is 0 Å². The van der Waals surface area contributed by atoms with Crippen molar-refractivity contribution < 1.29 is 19.5 Å². The first-order valence-electron chi connectivity index (χ1n) is 7.71. The van der Waals surface area contributed by atoms with Crippen LogP contribution < -0.4 is 4.90 Å². The first-order valence-corrected chi connectivity index (χ1v) is 8.09. The molecule has 2 amide bonds. The van der Waals surface area contributed by atoms with Gasteiger partial charge in [0, 0.05) is 35.4 Å². The van der Waals surface area contributed by atoms with E-state index in [1.807, 2.05) is 0 Å². The second kappa shape index (κ2) is 5.67. The molecule has 3 heterocycles. The Morgan fingerprint density at radius 2 is 2.04 bits per heavy atom. The molecular formula is C18H12ClN3O4. The van der Waals surface area contributed by atoms with Crippen LogP contribution in [0.1, 0.15) is 26.4 Å². The average Bonchev–Trinajstić information content (AvgIpc) is 2.87. The number of aromatic nitrogens is 2. The van der Waals surface area contributed by atoms with E-state index in [9.17, 15) is 19.5 Å². The number of carboxylic acids is 1. The van der Waals surface area contributed by atoms with Crippen molar-refractivity contribution in [3.05, 3.63) is 58.5 Å². The number of anilines is 1. The SMILES string of the molecule is Cn1c(C(=O)O)c(N2C(=O)Cc3cnccc3C2=O)c2cc(Cl)ccc21. The minimum atomic E-state index is -1.24. The van der Waals surface area contributed by atoms with Gasteiger partial charge in [-0.1, -0.05) is 11.6 Å². The van der Waals surface area contributed by atoms with Gasteiger partial charge in [-0.2, -0.15) is 0 Å². The molecule has 0 saturated carbocycles. The number of benzene rings is 1. The molecule has 0 saturated heterocycles. The van der Waals surface area contributed by atoms with Crippen molar-refractivity contribution in [3.63, 3.8) is 0 Å². The Morgan fingerprint density at radius 1 is 1.27 bits per heavy atom. The third kappa shape index (κ3) is 2.21. The minimum Gasteiger partial charge on any atom is -0.477 e. The molecule has 1 aromatic carbocycles. The number of pyridine rings is 1. The van der Waals surface area contributed by atoms with Crippen LogP contribution in [0.25, 0.3) is 10.9 Å². The van der Waals surface area contributed by atoms with E-state index in [-0.39, 0.29) is 17.8 Å². The van der Waals surface area contributed by atoms with Crippen LogP contribution in [0.2, 0.25) is 5.02 Å². The first-order chi connectivity index (χ1) is 12.4. The van der Waals surface area contributed by atoms with Crippen LogP contribution in [0.5, 0.6) is 0 Å².